The molecule has 68 heavy (non-hydrogen) atoms. The van der Waals surface area contributed by atoms with Gasteiger partial charge in [0.2, 0.25) is 0 Å². The lowest BCUT2D eigenvalue weighted by atomic mass is 9.85. The molecule has 11 aromatic rings. The summed E-state index contributed by atoms with van der Waals surface area (Å²) in [6, 6.07) is 81.7. The molecule has 1 aromatic heterocycles. The second-order valence-corrected chi connectivity index (χ2v) is 19.0. The van der Waals surface area contributed by atoms with E-state index in [2.05, 4.69) is 256 Å². The highest BCUT2D eigenvalue weighted by atomic mass is 15.1. The van der Waals surface area contributed by atoms with Crippen molar-refractivity contribution >= 4 is 38.9 Å². The highest BCUT2D eigenvalue weighted by Crippen LogP contribution is 2.53. The Morgan fingerprint density at radius 3 is 1.40 bits per heavy atom. The number of rotatable bonds is 7. The van der Waals surface area contributed by atoms with Crippen molar-refractivity contribution in [3.8, 4) is 39.1 Å². The summed E-state index contributed by atoms with van der Waals surface area (Å²) in [5.74, 6) is 0.271. The first-order chi connectivity index (χ1) is 33.4. The third kappa shape index (κ3) is 6.17. The first-order valence-corrected chi connectivity index (χ1v) is 24.0. The van der Waals surface area contributed by atoms with Crippen LogP contribution < -0.4 is 4.90 Å². The van der Waals surface area contributed by atoms with Crippen LogP contribution in [0.1, 0.15) is 67.5 Å². The summed E-state index contributed by atoms with van der Waals surface area (Å²) in [6.07, 6.45) is 0. The Labute approximate surface area is 399 Å². The zero-order chi connectivity index (χ0) is 45.6. The Hall–Kier alpha value is -8.20. The quantitative estimate of drug-likeness (QED) is 0.155. The molecule has 10 aromatic carbocycles. The molecule has 0 radical (unpaired) electrons. The molecule has 2 aliphatic carbocycles. The van der Waals surface area contributed by atoms with Crippen LogP contribution in [-0.4, -0.2) is 4.57 Å². The molecule has 13 rings (SSSR count). The van der Waals surface area contributed by atoms with E-state index >= 15 is 0 Å². The van der Waals surface area contributed by atoms with Gasteiger partial charge in [0, 0.05) is 45.4 Å². The van der Waals surface area contributed by atoms with Crippen LogP contribution >= 0.6 is 0 Å². The van der Waals surface area contributed by atoms with Gasteiger partial charge >= 0.3 is 0 Å². The first kappa shape index (κ1) is 40.1. The van der Waals surface area contributed by atoms with Crippen molar-refractivity contribution in [1.82, 2.24) is 4.57 Å². The molecule has 0 bridgehead atoms. The van der Waals surface area contributed by atoms with Crippen LogP contribution in [0.4, 0.5) is 17.1 Å². The number of benzene rings is 10. The van der Waals surface area contributed by atoms with Gasteiger partial charge < -0.3 is 9.47 Å². The molecule has 2 heteroatoms. The van der Waals surface area contributed by atoms with E-state index in [1.807, 2.05) is 0 Å². The van der Waals surface area contributed by atoms with Crippen molar-refractivity contribution in [2.24, 2.45) is 0 Å². The number of para-hydroxylation sites is 2. The second kappa shape index (κ2) is 15.7. The highest BCUT2D eigenvalue weighted by Gasteiger charge is 2.34. The van der Waals surface area contributed by atoms with Crippen LogP contribution in [0.2, 0.25) is 0 Å². The Kier molecular flexibility index (Phi) is 9.27. The number of hydrogen-bond donors (Lipinski definition) is 0. The summed E-state index contributed by atoms with van der Waals surface area (Å²) in [5.41, 5.74) is 28.2. The third-order valence-corrected chi connectivity index (χ3v) is 15.4. The number of anilines is 3. The largest absolute Gasteiger partial charge is 0.310 e. The summed E-state index contributed by atoms with van der Waals surface area (Å²) in [7, 11) is 0. The molecule has 0 spiro atoms. The maximum Gasteiger partial charge on any atom is 0.0541 e. The minimum Gasteiger partial charge on any atom is -0.310 e. The first-order valence-electron chi connectivity index (χ1n) is 24.0. The topological polar surface area (TPSA) is 8.17 Å². The Morgan fingerprint density at radius 2 is 0.794 bits per heavy atom. The molecule has 2 unspecified atom stereocenters. The van der Waals surface area contributed by atoms with Gasteiger partial charge in [-0.3, -0.25) is 0 Å². The molecule has 1 heterocycles. The lowest BCUT2D eigenvalue weighted by molar-refractivity contribution is 0.986. The van der Waals surface area contributed by atoms with E-state index in [9.17, 15) is 0 Å². The lowest BCUT2D eigenvalue weighted by Gasteiger charge is -2.28. The number of hydrogen-bond acceptors (Lipinski definition) is 1. The van der Waals surface area contributed by atoms with Gasteiger partial charge in [-0.05, 0) is 183 Å². The fourth-order valence-electron chi connectivity index (χ4n) is 11.8. The number of aryl methyl sites for hydroxylation is 2. The summed E-state index contributed by atoms with van der Waals surface area (Å²) in [6.45, 7) is 9.05. The fraction of sp³-hybridized carbons (Fsp3) is 0.0909. The fourth-order valence-corrected chi connectivity index (χ4v) is 11.8. The normalized spacial score (nSPS) is 14.5. The van der Waals surface area contributed by atoms with Crippen LogP contribution in [-0.2, 0) is 0 Å². The van der Waals surface area contributed by atoms with Crippen molar-refractivity contribution in [1.29, 1.82) is 0 Å². The third-order valence-electron chi connectivity index (χ3n) is 15.4. The van der Waals surface area contributed by atoms with Gasteiger partial charge in [0.05, 0.1) is 11.0 Å². The van der Waals surface area contributed by atoms with Gasteiger partial charge in [-0.1, -0.05) is 152 Å². The lowest BCUT2D eigenvalue weighted by Crippen LogP contribution is -2.12. The van der Waals surface area contributed by atoms with Crippen molar-refractivity contribution in [2.75, 3.05) is 4.90 Å². The summed E-state index contributed by atoms with van der Waals surface area (Å²) in [4.78, 5) is 2.49. The van der Waals surface area contributed by atoms with Gasteiger partial charge in [0.15, 0.2) is 0 Å². The van der Waals surface area contributed by atoms with Gasteiger partial charge in [-0.2, -0.15) is 0 Å². The Morgan fingerprint density at radius 1 is 0.324 bits per heavy atom. The van der Waals surface area contributed by atoms with Gasteiger partial charge in [-0.25, -0.2) is 0 Å². The van der Waals surface area contributed by atoms with Crippen molar-refractivity contribution in [3.63, 3.8) is 0 Å². The SMILES string of the molecule is Cc1cccc(C2c3ccccc3-c3ccc(N(c4ccc(-c5ccc6c(c5)c5ccccc5n6-c5ccccc5)cc4)c4ccc5c(c4)C(c4cccc(C)c4C)c4ccccc4-5)cc32)c1C. The molecular formula is C66H50N2. The monoisotopic (exact) mass is 870 g/mol. The van der Waals surface area contributed by atoms with Crippen LogP contribution in [0, 0.1) is 27.7 Å². The molecule has 0 amide bonds. The maximum absolute atomic E-state index is 2.49. The van der Waals surface area contributed by atoms with Gasteiger partial charge in [-0.15, -0.1) is 0 Å². The van der Waals surface area contributed by atoms with E-state index in [0.29, 0.717) is 0 Å². The Balaban J connectivity index is 0.978. The maximum atomic E-state index is 2.49. The molecule has 2 nitrogen and oxygen atoms in total. The molecule has 324 valence electrons. The molecule has 0 saturated carbocycles. The van der Waals surface area contributed by atoms with Crippen LogP contribution in [0.15, 0.2) is 218 Å². The molecule has 0 N–H and O–H groups in total. The summed E-state index contributed by atoms with van der Waals surface area (Å²) < 4.78 is 2.38. The van der Waals surface area contributed by atoms with Crippen LogP contribution in [0.3, 0.4) is 0 Å². The average Bonchev–Trinajstić information content (AvgIpc) is 4.01. The van der Waals surface area contributed by atoms with Gasteiger partial charge in [0.25, 0.3) is 0 Å². The molecule has 2 atom stereocenters. The second-order valence-electron chi connectivity index (χ2n) is 19.0. The number of fused-ring (bicyclic) bond motifs is 9. The van der Waals surface area contributed by atoms with E-state index in [-0.39, 0.29) is 11.8 Å². The minimum absolute atomic E-state index is 0.135. The van der Waals surface area contributed by atoms with Crippen LogP contribution in [0.5, 0.6) is 0 Å². The van der Waals surface area contributed by atoms with E-state index in [1.165, 1.54) is 117 Å². The van der Waals surface area contributed by atoms with E-state index in [1.54, 1.807) is 0 Å². The summed E-state index contributed by atoms with van der Waals surface area (Å²) in [5, 5.41) is 2.51. The number of aromatic nitrogens is 1. The predicted molar refractivity (Wildman–Crippen MR) is 285 cm³/mol. The van der Waals surface area contributed by atoms with Crippen LogP contribution in [0.25, 0.3) is 60.9 Å². The molecule has 2 aliphatic rings. The zero-order valence-corrected chi connectivity index (χ0v) is 38.8. The van der Waals surface area contributed by atoms with Crippen molar-refractivity contribution in [2.45, 2.75) is 39.5 Å². The van der Waals surface area contributed by atoms with E-state index in [4.69, 9.17) is 0 Å². The summed E-state index contributed by atoms with van der Waals surface area (Å²) >= 11 is 0. The Bertz CT molecular complexity index is 3650. The number of nitrogens with zero attached hydrogens (tertiary/aromatic N) is 2. The standard InChI is InChI=1S/C66H50N2/c1-41-16-14-25-51(43(41)3)65-58-23-10-8-20-53(58)55-35-33-49(39-61(55)65)67(50-34-36-56-54-21-9-11-24-59(54)66(62(56)40-50)52-26-15-17-42(2)44(52)4)48-31-28-45(29-32-48)46-30-37-64-60(38-46)57-22-12-13-27-63(57)68(64)47-18-6-5-7-19-47/h5-40,65-66H,1-4H3. The molecule has 0 saturated heterocycles. The highest BCUT2D eigenvalue weighted by molar-refractivity contribution is 6.10. The van der Waals surface area contributed by atoms with E-state index in [0.717, 1.165) is 17.1 Å². The zero-order valence-electron chi connectivity index (χ0n) is 38.8. The molecular weight excluding hydrogens is 821 g/mol. The predicted octanol–water partition coefficient (Wildman–Crippen LogP) is 17.5. The van der Waals surface area contributed by atoms with Crippen molar-refractivity contribution < 1.29 is 0 Å². The minimum atomic E-state index is 0.135. The van der Waals surface area contributed by atoms with Crippen molar-refractivity contribution in [3.05, 3.63) is 274 Å². The van der Waals surface area contributed by atoms with Gasteiger partial charge in [0.1, 0.15) is 0 Å². The molecule has 0 aliphatic heterocycles. The van der Waals surface area contributed by atoms with E-state index < -0.39 is 0 Å². The smallest absolute Gasteiger partial charge is 0.0541 e. The average molecular weight is 871 g/mol. The molecule has 0 fully saturated rings.